The number of carbonyl (C=O) groups excluding carboxylic acids is 1. The molecule has 0 saturated heterocycles. The molecule has 2 rings (SSSR count). The second kappa shape index (κ2) is 6.47. The van der Waals surface area contributed by atoms with Gasteiger partial charge in [0.15, 0.2) is 6.04 Å². The van der Waals surface area contributed by atoms with Crippen LogP contribution < -0.4 is 0 Å². The molecule has 2 amide bonds. The maximum Gasteiger partial charge on any atom is 0.331 e. The van der Waals surface area contributed by atoms with Crippen LogP contribution in [0.3, 0.4) is 0 Å². The minimum absolute atomic E-state index is 0.112. The molecule has 0 bridgehead atoms. The second-order valence-corrected chi connectivity index (χ2v) is 6.31. The van der Waals surface area contributed by atoms with E-state index in [4.69, 9.17) is 0 Å². The van der Waals surface area contributed by atoms with Gasteiger partial charge < -0.3 is 14.9 Å². The number of nitrogens with zero attached hydrogens (tertiary/aromatic N) is 2. The Hall–Kier alpha value is -1.56. The Bertz CT molecular complexity index is 529. The van der Waals surface area contributed by atoms with Crippen molar-refractivity contribution in [2.75, 3.05) is 13.1 Å². The lowest BCUT2D eigenvalue weighted by molar-refractivity contribution is -0.143. The summed E-state index contributed by atoms with van der Waals surface area (Å²) in [5.74, 6) is -0.956. The second-order valence-electron chi connectivity index (χ2n) is 5.31. The van der Waals surface area contributed by atoms with Crippen molar-refractivity contribution >= 4 is 23.3 Å². The number of aliphatic carboxylic acids is 1. The molecule has 1 aliphatic rings. The zero-order valence-corrected chi connectivity index (χ0v) is 13.5. The molecular formula is C15H22N2O3S. The molecule has 6 heteroatoms. The van der Waals surface area contributed by atoms with Crippen molar-refractivity contribution in [3.63, 3.8) is 0 Å². The van der Waals surface area contributed by atoms with E-state index in [2.05, 4.69) is 0 Å². The first-order chi connectivity index (χ1) is 10.0. The van der Waals surface area contributed by atoms with E-state index in [1.54, 1.807) is 16.2 Å². The van der Waals surface area contributed by atoms with Crippen LogP contribution >= 0.6 is 11.3 Å². The van der Waals surface area contributed by atoms with Gasteiger partial charge in [-0.05, 0) is 43.7 Å². The van der Waals surface area contributed by atoms with Gasteiger partial charge in [0.2, 0.25) is 0 Å². The average Bonchev–Trinajstić information content (AvgIpc) is 2.94. The highest BCUT2D eigenvalue weighted by molar-refractivity contribution is 7.10. The molecule has 2 unspecified atom stereocenters. The fraction of sp³-hybridized carbons (Fsp3) is 0.600. The van der Waals surface area contributed by atoms with Gasteiger partial charge in [-0.3, -0.25) is 0 Å². The van der Waals surface area contributed by atoms with Crippen LogP contribution in [-0.4, -0.2) is 46.0 Å². The third-order valence-corrected chi connectivity index (χ3v) is 5.15. The molecule has 5 nitrogen and oxygen atoms in total. The summed E-state index contributed by atoms with van der Waals surface area (Å²) in [5.41, 5.74) is 0.771. The molecule has 2 heterocycles. The SMILES string of the molecule is CCC(C)N(CC)C(=O)N1CCc2sccc2C1C(=O)O. The van der Waals surface area contributed by atoms with Gasteiger partial charge in [0, 0.05) is 24.0 Å². The quantitative estimate of drug-likeness (QED) is 0.930. The van der Waals surface area contributed by atoms with Crippen molar-refractivity contribution in [1.82, 2.24) is 9.80 Å². The summed E-state index contributed by atoms with van der Waals surface area (Å²) in [5, 5.41) is 11.5. The first-order valence-corrected chi connectivity index (χ1v) is 8.25. The van der Waals surface area contributed by atoms with E-state index >= 15 is 0 Å². The van der Waals surface area contributed by atoms with Crippen molar-refractivity contribution < 1.29 is 14.7 Å². The predicted octanol–water partition coefficient (Wildman–Crippen LogP) is 2.97. The number of hydrogen-bond donors (Lipinski definition) is 1. The van der Waals surface area contributed by atoms with Crippen LogP contribution in [0.4, 0.5) is 4.79 Å². The Morgan fingerprint density at radius 1 is 1.52 bits per heavy atom. The Labute approximate surface area is 129 Å². The fourth-order valence-corrected chi connectivity index (χ4v) is 3.71. The Kier molecular flexibility index (Phi) is 4.88. The number of carbonyl (C=O) groups is 2. The number of fused-ring (bicyclic) bond motifs is 1. The minimum Gasteiger partial charge on any atom is -0.479 e. The Morgan fingerprint density at radius 3 is 2.81 bits per heavy atom. The lowest BCUT2D eigenvalue weighted by atomic mass is 10.0. The smallest absolute Gasteiger partial charge is 0.331 e. The van der Waals surface area contributed by atoms with Gasteiger partial charge in [-0.1, -0.05) is 6.92 Å². The molecule has 1 aliphatic heterocycles. The molecule has 1 aromatic heterocycles. The van der Waals surface area contributed by atoms with Gasteiger partial charge in [-0.15, -0.1) is 11.3 Å². The van der Waals surface area contributed by atoms with Crippen LogP contribution in [0.5, 0.6) is 0 Å². The highest BCUT2D eigenvalue weighted by atomic mass is 32.1. The summed E-state index contributed by atoms with van der Waals surface area (Å²) in [7, 11) is 0. The lowest BCUT2D eigenvalue weighted by Gasteiger charge is -2.38. The van der Waals surface area contributed by atoms with Crippen LogP contribution in [0.1, 0.15) is 43.7 Å². The van der Waals surface area contributed by atoms with Gasteiger partial charge in [-0.25, -0.2) is 9.59 Å². The molecule has 0 aromatic carbocycles. The van der Waals surface area contributed by atoms with Gasteiger partial charge in [-0.2, -0.15) is 0 Å². The van der Waals surface area contributed by atoms with Crippen molar-refractivity contribution in [3.8, 4) is 0 Å². The van der Waals surface area contributed by atoms with Crippen molar-refractivity contribution in [1.29, 1.82) is 0 Å². The van der Waals surface area contributed by atoms with Crippen LogP contribution in [-0.2, 0) is 11.2 Å². The highest BCUT2D eigenvalue weighted by Gasteiger charge is 2.38. The monoisotopic (exact) mass is 310 g/mol. The van der Waals surface area contributed by atoms with Crippen LogP contribution in [0, 0.1) is 0 Å². The normalized spacial score (nSPS) is 19.0. The van der Waals surface area contributed by atoms with Crippen molar-refractivity contribution in [2.24, 2.45) is 0 Å². The lowest BCUT2D eigenvalue weighted by Crippen LogP contribution is -2.51. The van der Waals surface area contributed by atoms with Crippen molar-refractivity contribution in [2.45, 2.75) is 45.7 Å². The summed E-state index contributed by atoms with van der Waals surface area (Å²) in [4.78, 5) is 28.8. The molecule has 0 spiro atoms. The molecule has 0 aliphatic carbocycles. The van der Waals surface area contributed by atoms with Gasteiger partial charge >= 0.3 is 12.0 Å². The van der Waals surface area contributed by atoms with E-state index < -0.39 is 12.0 Å². The topological polar surface area (TPSA) is 60.9 Å². The zero-order chi connectivity index (χ0) is 15.6. The number of amides is 2. The molecule has 0 fully saturated rings. The number of carboxylic acid groups (broad SMARTS) is 1. The summed E-state index contributed by atoms with van der Waals surface area (Å²) in [6.45, 7) is 7.02. The molecule has 0 radical (unpaired) electrons. The number of carboxylic acids is 1. The summed E-state index contributed by atoms with van der Waals surface area (Å²) < 4.78 is 0. The number of urea groups is 1. The summed E-state index contributed by atoms with van der Waals surface area (Å²) >= 11 is 1.57. The average molecular weight is 310 g/mol. The van der Waals surface area contributed by atoms with E-state index in [-0.39, 0.29) is 12.1 Å². The number of rotatable bonds is 4. The van der Waals surface area contributed by atoms with E-state index in [1.165, 1.54) is 4.90 Å². The molecule has 0 saturated carbocycles. The fourth-order valence-electron chi connectivity index (χ4n) is 2.81. The first kappa shape index (κ1) is 15.8. The minimum atomic E-state index is -0.956. The van der Waals surface area contributed by atoms with Gasteiger partial charge in [0.1, 0.15) is 0 Å². The molecule has 1 aromatic rings. The molecule has 21 heavy (non-hydrogen) atoms. The van der Waals surface area contributed by atoms with E-state index in [0.717, 1.165) is 23.3 Å². The first-order valence-electron chi connectivity index (χ1n) is 7.37. The third kappa shape index (κ3) is 2.90. The molecule has 1 N–H and O–H groups in total. The van der Waals surface area contributed by atoms with Crippen LogP contribution in [0.15, 0.2) is 11.4 Å². The standard InChI is InChI=1S/C15H22N2O3S/c1-4-10(3)16(5-2)15(20)17-8-6-12-11(7-9-21-12)13(17)14(18)19/h7,9-10,13H,4-6,8H2,1-3H3,(H,18,19). The summed E-state index contributed by atoms with van der Waals surface area (Å²) in [6, 6.07) is 0.917. The Morgan fingerprint density at radius 2 is 2.24 bits per heavy atom. The van der Waals surface area contributed by atoms with E-state index in [0.29, 0.717) is 13.1 Å². The van der Waals surface area contributed by atoms with Gasteiger partial charge in [0.25, 0.3) is 0 Å². The number of thiophene rings is 1. The molecule has 116 valence electrons. The molecule has 2 atom stereocenters. The van der Waals surface area contributed by atoms with Crippen LogP contribution in [0.2, 0.25) is 0 Å². The zero-order valence-electron chi connectivity index (χ0n) is 12.7. The van der Waals surface area contributed by atoms with E-state index in [1.807, 2.05) is 32.2 Å². The van der Waals surface area contributed by atoms with Crippen LogP contribution in [0.25, 0.3) is 0 Å². The maximum absolute atomic E-state index is 12.8. The third-order valence-electron chi connectivity index (χ3n) is 4.15. The molecular weight excluding hydrogens is 288 g/mol. The highest BCUT2D eigenvalue weighted by Crippen LogP contribution is 2.34. The van der Waals surface area contributed by atoms with Crippen molar-refractivity contribution in [3.05, 3.63) is 21.9 Å². The Balaban J connectivity index is 2.30. The summed E-state index contributed by atoms with van der Waals surface area (Å²) in [6.07, 6.45) is 1.59. The largest absolute Gasteiger partial charge is 0.479 e. The predicted molar refractivity (Wildman–Crippen MR) is 82.6 cm³/mol. The van der Waals surface area contributed by atoms with Gasteiger partial charge in [0.05, 0.1) is 0 Å². The maximum atomic E-state index is 12.8. The van der Waals surface area contributed by atoms with E-state index in [9.17, 15) is 14.7 Å². The number of hydrogen-bond acceptors (Lipinski definition) is 3.